The summed E-state index contributed by atoms with van der Waals surface area (Å²) in [5, 5.41) is 125. The SMILES string of the molecule is CN[C@H](CC(C)C)C(=O)N[C@H]1C(=O)N[C@@H](CC(N)=O)C(=O)N[C@H]2C(=O)N[C@H]3C(=O)N[C@H](C(=O)N[C@H](C(=O)NC4CC4)c4cc(O)cc(O)c4-c4cc3ccc4O)[C@H](O[C@H]3C[C@](C)(N)[C@@H](O)[C@H](C)O3)c3ccc(cc3)Oc3cc2cc(c3O[C@@H]2O[C@H](CO)[C@@H](O)[C@H](O)[C@H]2O[C@H]2C[C@](C)(N)[C@@H](O)[C@H](C)O2)Oc2ccc(cc2Cl)[C@H]1O. The molecule has 9 aliphatic rings. The van der Waals surface area contributed by atoms with Crippen LogP contribution in [0, 0.1) is 5.92 Å². The van der Waals surface area contributed by atoms with E-state index in [0.29, 0.717) is 12.8 Å². The predicted molar refractivity (Wildman–Crippen MR) is 394 cm³/mol. The van der Waals surface area contributed by atoms with Gasteiger partial charge in [0.25, 0.3) is 0 Å². The molecule has 11 bridgehead atoms. The van der Waals surface area contributed by atoms with Crippen LogP contribution in [0.2, 0.25) is 5.02 Å². The molecule has 4 fully saturated rings. The lowest BCUT2D eigenvalue weighted by Gasteiger charge is -2.47. The Balaban J connectivity index is 1.11. The van der Waals surface area contributed by atoms with Gasteiger partial charge in [0.2, 0.25) is 59.3 Å². The van der Waals surface area contributed by atoms with Gasteiger partial charge in [-0.25, -0.2) is 0 Å². The van der Waals surface area contributed by atoms with E-state index in [1.807, 2.05) is 13.8 Å². The molecule has 36 nitrogen and oxygen atoms in total. The van der Waals surface area contributed by atoms with Gasteiger partial charge in [0, 0.05) is 47.2 Å². The zero-order valence-corrected chi connectivity index (χ0v) is 63.2. The first kappa shape index (κ1) is 82.8. The minimum absolute atomic E-state index is 0.0202. The molecule has 5 aromatic carbocycles. The van der Waals surface area contributed by atoms with E-state index >= 15 is 24.0 Å². The lowest BCUT2D eigenvalue weighted by Crippen LogP contribution is -2.64. The van der Waals surface area contributed by atoms with Crippen LogP contribution in [0.5, 0.6) is 46.0 Å². The fourth-order valence-corrected chi connectivity index (χ4v) is 15.0. The molecule has 1 saturated carbocycles. The molecule has 14 rings (SSSR count). The summed E-state index contributed by atoms with van der Waals surface area (Å²) < 4.78 is 52.1. The van der Waals surface area contributed by atoms with E-state index in [-0.39, 0.29) is 75.1 Å². The molecule has 0 spiro atoms. The Morgan fingerprint density at radius 3 is 1.88 bits per heavy atom. The minimum Gasteiger partial charge on any atom is -0.508 e. The number of hydrogen-bond acceptors (Lipinski definition) is 28. The topological polar surface area (TPSA) is 567 Å². The first-order valence-electron chi connectivity index (χ1n) is 36.8. The van der Waals surface area contributed by atoms with Crippen LogP contribution in [0.15, 0.2) is 84.9 Å². The van der Waals surface area contributed by atoms with Crippen molar-refractivity contribution in [3.8, 4) is 57.1 Å². The molecule has 3 saturated heterocycles. The second-order valence-corrected chi connectivity index (χ2v) is 31.0. The summed E-state index contributed by atoms with van der Waals surface area (Å²) in [5.74, 6) is -13.8. The van der Waals surface area contributed by atoms with Crippen molar-refractivity contribution in [2.24, 2.45) is 23.1 Å². The Bertz CT molecular complexity index is 4460. The van der Waals surface area contributed by atoms with Crippen molar-refractivity contribution in [3.63, 3.8) is 0 Å². The third-order valence-electron chi connectivity index (χ3n) is 21.0. The summed E-state index contributed by atoms with van der Waals surface area (Å²) >= 11 is 7.16. The molecule has 8 heterocycles. The molecule has 113 heavy (non-hydrogen) atoms. The molecule has 610 valence electrons. The maximum atomic E-state index is 16.5. The van der Waals surface area contributed by atoms with Gasteiger partial charge < -0.3 is 144 Å². The number of aromatic hydroxyl groups is 3. The molecule has 37 heteroatoms. The highest BCUT2D eigenvalue weighted by molar-refractivity contribution is 6.32. The fourth-order valence-electron chi connectivity index (χ4n) is 14.7. The number of nitrogens with one attached hydrogen (secondary N) is 8. The number of phenolic OH excluding ortho intramolecular Hbond substituents is 3. The highest BCUT2D eigenvalue weighted by atomic mass is 35.5. The second kappa shape index (κ2) is 33.4. The van der Waals surface area contributed by atoms with Gasteiger partial charge in [0.15, 0.2) is 30.2 Å². The van der Waals surface area contributed by atoms with Gasteiger partial charge in [-0.05, 0) is 142 Å². The van der Waals surface area contributed by atoms with Crippen molar-refractivity contribution in [1.29, 1.82) is 0 Å². The minimum atomic E-state index is -2.32. The van der Waals surface area contributed by atoms with E-state index < -0.39 is 240 Å². The van der Waals surface area contributed by atoms with Crippen molar-refractivity contribution in [1.82, 2.24) is 42.5 Å². The normalized spacial score (nSPS) is 32.3. The number of hydrogen-bond donors (Lipinski definition) is 20. The smallest absolute Gasteiger partial charge is 0.248 e. The Morgan fingerprint density at radius 2 is 1.27 bits per heavy atom. The number of fused-ring (bicyclic) bond motifs is 15. The number of primary amides is 1. The number of phenols is 3. The van der Waals surface area contributed by atoms with Gasteiger partial charge in [-0.2, -0.15) is 0 Å². The summed E-state index contributed by atoms with van der Waals surface area (Å²) in [4.78, 5) is 122. The molecular weight excluding hydrogens is 1500 g/mol. The van der Waals surface area contributed by atoms with Crippen molar-refractivity contribution in [2.75, 3.05) is 13.7 Å². The van der Waals surface area contributed by atoms with Gasteiger partial charge in [-0.3, -0.25) is 38.4 Å². The standard InChI is InChI=1S/C76H94ClN11O25/c1-29(2)18-42(81-7)67(99)87-57-59(94)34-11-17-46(41(77)20-34)109-48-22-35-21-47(63(48)113-74-64(61(96)60(95)49(28-89)110-74)112-52-27-76(6,80)66(98)31(4)107-52)108-38-14-8-32(9-15-38)62(111-51-26-75(5,79)65(97)30(3)106-51)58-73(105)86-56(71(103)82-36-12-13-36)40-23-37(90)24-45(92)53(40)39-19-33(10-16-44(39)91)54(69(101)88-58)85-70(102)55(35)84-68(100)43(25-50(78)93)83-72(57)104/h8-11,14-17,19-24,29-31,36,42-43,49,51-52,54-62,64-66,74,81,89-92,94-98H,12-13,18,25-28,79-80H2,1-7H3,(H2,78,93)(H,82,103)(H,83,104)(H,84,100)(H,85,102)(H,86,105)(H,87,99)(H,88,101)/t30-,31-,42+,43-,49+,51-,52-,54+,55+,56-,57+,58-,59+,60+,61-,62+,64+,65-,66-,74-,75-,76-/m0/s1. The number of nitrogens with two attached hydrogens (primary N) is 3. The molecule has 5 aromatic rings. The van der Waals surface area contributed by atoms with Crippen LogP contribution >= 0.6 is 11.6 Å². The summed E-state index contributed by atoms with van der Waals surface area (Å²) in [5.41, 5.74) is 14.4. The van der Waals surface area contributed by atoms with Gasteiger partial charge in [0.05, 0.1) is 48.5 Å². The highest BCUT2D eigenvalue weighted by Gasteiger charge is 2.53. The summed E-state index contributed by atoms with van der Waals surface area (Å²) in [7, 11) is 1.49. The van der Waals surface area contributed by atoms with E-state index in [1.165, 1.54) is 71.1 Å². The second-order valence-electron chi connectivity index (χ2n) is 30.6. The maximum absolute atomic E-state index is 16.5. The van der Waals surface area contributed by atoms with Crippen LogP contribution in [0.3, 0.4) is 0 Å². The van der Waals surface area contributed by atoms with Gasteiger partial charge in [-0.1, -0.05) is 49.7 Å². The van der Waals surface area contributed by atoms with Crippen molar-refractivity contribution < 1.29 is 122 Å². The number of aliphatic hydroxyl groups is 6. The van der Waals surface area contributed by atoms with Crippen LogP contribution in [-0.4, -0.2) is 216 Å². The van der Waals surface area contributed by atoms with Crippen LogP contribution in [0.25, 0.3) is 11.1 Å². The first-order valence-corrected chi connectivity index (χ1v) is 37.2. The number of likely N-dealkylation sites (N-methyl/N-ethyl adjacent to an activating group) is 1. The van der Waals surface area contributed by atoms with Gasteiger partial charge >= 0.3 is 0 Å². The molecular formula is C76H94ClN11O25. The Morgan fingerprint density at radius 1 is 0.664 bits per heavy atom. The number of benzene rings is 5. The van der Waals surface area contributed by atoms with Crippen molar-refractivity contribution >= 4 is 58.9 Å². The summed E-state index contributed by atoms with van der Waals surface area (Å²) in [6.45, 7) is 8.77. The average Bonchev–Trinajstić information content (AvgIpc) is 1.71. The quantitative estimate of drug-likeness (QED) is 0.0612. The number of amides is 8. The third kappa shape index (κ3) is 18.0. The van der Waals surface area contributed by atoms with E-state index in [1.54, 1.807) is 0 Å². The van der Waals surface area contributed by atoms with Gasteiger partial charge in [0.1, 0.15) is 95.5 Å². The van der Waals surface area contributed by atoms with E-state index in [2.05, 4.69) is 42.5 Å². The Kier molecular flexibility index (Phi) is 24.5. The molecule has 8 aliphatic heterocycles. The van der Waals surface area contributed by atoms with E-state index in [9.17, 15) is 60.3 Å². The molecule has 22 atom stereocenters. The highest BCUT2D eigenvalue weighted by Crippen LogP contribution is 2.50. The lowest BCUT2D eigenvalue weighted by atomic mass is 9.86. The van der Waals surface area contributed by atoms with Gasteiger partial charge in [-0.15, -0.1) is 0 Å². The largest absolute Gasteiger partial charge is 0.508 e. The lowest BCUT2D eigenvalue weighted by molar-refractivity contribution is -0.333. The zero-order valence-electron chi connectivity index (χ0n) is 62.4. The van der Waals surface area contributed by atoms with E-state index in [0.717, 1.165) is 48.5 Å². The molecule has 8 amide bonds. The van der Waals surface area contributed by atoms with Crippen LogP contribution in [0.4, 0.5) is 0 Å². The third-order valence-corrected chi connectivity index (χ3v) is 21.3. The molecule has 23 N–H and O–H groups in total. The number of rotatable bonds is 16. The summed E-state index contributed by atoms with van der Waals surface area (Å²) in [6.07, 6.45) is -21.0. The number of halogens is 1. The number of carbonyl (C=O) groups is 8. The number of carbonyl (C=O) groups excluding carboxylic acids is 8. The van der Waals surface area contributed by atoms with Crippen molar-refractivity contribution in [3.05, 3.63) is 118 Å². The maximum Gasteiger partial charge on any atom is 0.248 e. The first-order chi connectivity index (χ1) is 53.4. The van der Waals surface area contributed by atoms with Crippen molar-refractivity contribution in [2.45, 2.75) is 219 Å². The van der Waals surface area contributed by atoms with Crippen LogP contribution in [-0.2, 0) is 62.0 Å². The summed E-state index contributed by atoms with van der Waals surface area (Å²) in [6, 6.07) is 2.49. The predicted octanol–water partition coefficient (Wildman–Crippen LogP) is -0.116. The Labute approximate surface area is 651 Å². The number of ether oxygens (including phenoxy) is 8. The average molecular weight is 1600 g/mol. The fraction of sp³-hybridized carbons (Fsp3) is 0.500. The Hall–Kier alpha value is -9.61. The molecule has 1 aliphatic carbocycles. The number of aliphatic hydroxyl groups excluding tert-OH is 6. The molecule has 0 aromatic heterocycles. The monoisotopic (exact) mass is 1600 g/mol. The zero-order chi connectivity index (χ0) is 81.7. The van der Waals surface area contributed by atoms with E-state index in [4.69, 9.17) is 66.7 Å². The molecule has 0 radical (unpaired) electrons. The molecule has 0 unspecified atom stereocenters. The van der Waals surface area contributed by atoms with Crippen LogP contribution in [0.1, 0.15) is 138 Å². The van der Waals surface area contributed by atoms with Crippen LogP contribution < -0.4 is 73.9 Å².